The van der Waals surface area contributed by atoms with Crippen molar-refractivity contribution in [3.8, 4) is 0 Å². The van der Waals surface area contributed by atoms with Crippen LogP contribution < -0.4 is 5.32 Å². The molecule has 0 radical (unpaired) electrons. The van der Waals surface area contributed by atoms with Gasteiger partial charge in [-0.15, -0.1) is 0 Å². The molecule has 4 atom stereocenters. The summed E-state index contributed by atoms with van der Waals surface area (Å²) in [5, 5.41) is 2.72. The Morgan fingerprint density at radius 2 is 1.64 bits per heavy atom. The van der Waals surface area contributed by atoms with Crippen LogP contribution in [0.2, 0.25) is 0 Å². The molecule has 1 aromatic rings. The fourth-order valence-corrected chi connectivity index (χ4v) is 3.95. The lowest BCUT2D eigenvalue weighted by Gasteiger charge is -2.23. The maximum absolute atomic E-state index is 12.6. The van der Waals surface area contributed by atoms with Gasteiger partial charge >= 0.3 is 5.97 Å². The van der Waals surface area contributed by atoms with Crippen molar-refractivity contribution in [3.63, 3.8) is 0 Å². The molecule has 3 amide bonds. The third kappa shape index (κ3) is 3.79. The molecule has 28 heavy (non-hydrogen) atoms. The van der Waals surface area contributed by atoms with Crippen molar-refractivity contribution in [1.29, 1.82) is 0 Å². The third-order valence-corrected chi connectivity index (χ3v) is 5.67. The highest BCUT2D eigenvalue weighted by molar-refractivity contribution is 6.08. The number of aryl methyl sites for hydroxylation is 1. The summed E-state index contributed by atoms with van der Waals surface area (Å²) in [5.74, 6) is -2.46. The van der Waals surface area contributed by atoms with E-state index in [1.807, 2.05) is 19.1 Å². The fraction of sp³-hybridized carbons (Fsp3) is 0.524. The first-order chi connectivity index (χ1) is 13.3. The number of nitrogens with one attached hydrogen (secondary N) is 1. The van der Waals surface area contributed by atoms with Gasteiger partial charge < -0.3 is 10.1 Å². The average molecular weight is 386 g/mol. The summed E-state index contributed by atoms with van der Waals surface area (Å²) in [6, 6.07) is 6.23. The molecule has 1 saturated carbocycles. The number of likely N-dealkylation sites (tertiary alicyclic amines) is 1. The van der Waals surface area contributed by atoms with Gasteiger partial charge in [0.25, 0.3) is 5.91 Å². The van der Waals surface area contributed by atoms with Crippen LogP contribution in [0.15, 0.2) is 24.3 Å². The number of fused-ring (bicyclic) bond motifs is 1. The molecule has 0 spiro atoms. The number of amides is 3. The van der Waals surface area contributed by atoms with Gasteiger partial charge in [-0.3, -0.25) is 19.3 Å². The van der Waals surface area contributed by atoms with Gasteiger partial charge in [-0.2, -0.15) is 0 Å². The standard InChI is InChI=1S/C21H26N2O5/c1-12-8-4-7-11-17(12)22-18(24)14(3)28-21(27)13(2)23-19(25)15-9-5-6-10-16(15)20(23)26/h4,7-8,11,13-16H,5-6,9-10H2,1-3H3,(H,22,24)/t13-,14-,15+,16+/m0/s1. The lowest BCUT2D eigenvalue weighted by Crippen LogP contribution is -2.46. The van der Waals surface area contributed by atoms with Gasteiger partial charge in [-0.25, -0.2) is 4.79 Å². The highest BCUT2D eigenvalue weighted by atomic mass is 16.5. The Balaban J connectivity index is 1.62. The number of esters is 1. The molecule has 3 rings (SSSR count). The zero-order chi connectivity index (χ0) is 20.4. The molecule has 2 fully saturated rings. The minimum atomic E-state index is -1.05. The summed E-state index contributed by atoms with van der Waals surface area (Å²) in [5.41, 5.74) is 1.52. The Bertz CT molecular complexity index is 782. The zero-order valence-corrected chi connectivity index (χ0v) is 16.4. The number of carbonyl (C=O) groups is 4. The molecule has 1 heterocycles. The molecule has 1 N–H and O–H groups in total. The molecule has 1 aliphatic heterocycles. The van der Waals surface area contributed by atoms with Crippen LogP contribution in [-0.4, -0.2) is 40.7 Å². The van der Waals surface area contributed by atoms with E-state index in [0.717, 1.165) is 23.3 Å². The number of rotatable bonds is 5. The summed E-state index contributed by atoms with van der Waals surface area (Å²) in [4.78, 5) is 51.1. The predicted molar refractivity (Wildman–Crippen MR) is 102 cm³/mol. The Labute approximate surface area is 164 Å². The molecule has 1 saturated heterocycles. The van der Waals surface area contributed by atoms with Crippen LogP contribution in [0.3, 0.4) is 0 Å². The molecule has 150 valence electrons. The van der Waals surface area contributed by atoms with Gasteiger partial charge in [0, 0.05) is 5.69 Å². The van der Waals surface area contributed by atoms with Gasteiger partial charge in [0.2, 0.25) is 11.8 Å². The topological polar surface area (TPSA) is 92.8 Å². The van der Waals surface area contributed by atoms with E-state index in [-0.39, 0.29) is 23.7 Å². The smallest absolute Gasteiger partial charge is 0.329 e. The number of imide groups is 1. The maximum atomic E-state index is 12.6. The number of anilines is 1. The van der Waals surface area contributed by atoms with Crippen molar-refractivity contribution in [3.05, 3.63) is 29.8 Å². The second-order valence-electron chi connectivity index (χ2n) is 7.60. The molecule has 7 nitrogen and oxygen atoms in total. The van der Waals surface area contributed by atoms with Crippen molar-refractivity contribution in [2.75, 3.05) is 5.32 Å². The maximum Gasteiger partial charge on any atom is 0.329 e. The van der Waals surface area contributed by atoms with Crippen LogP contribution in [0.5, 0.6) is 0 Å². The predicted octanol–water partition coefficient (Wildman–Crippen LogP) is 2.43. The zero-order valence-electron chi connectivity index (χ0n) is 16.4. The first-order valence-electron chi connectivity index (χ1n) is 9.75. The van der Waals surface area contributed by atoms with Crippen LogP contribution in [0.25, 0.3) is 0 Å². The Hall–Kier alpha value is -2.70. The number of hydrogen-bond acceptors (Lipinski definition) is 5. The van der Waals surface area contributed by atoms with Gasteiger partial charge in [0.15, 0.2) is 6.10 Å². The minimum Gasteiger partial charge on any atom is -0.451 e. The quantitative estimate of drug-likeness (QED) is 0.620. The summed E-state index contributed by atoms with van der Waals surface area (Å²) < 4.78 is 5.25. The molecular weight excluding hydrogens is 360 g/mol. The second kappa shape index (κ2) is 8.12. The lowest BCUT2D eigenvalue weighted by molar-refractivity contribution is -0.163. The molecule has 2 aliphatic rings. The summed E-state index contributed by atoms with van der Waals surface area (Å²) in [6.45, 7) is 4.80. The Kier molecular flexibility index (Phi) is 5.82. The van der Waals surface area contributed by atoms with E-state index in [9.17, 15) is 19.2 Å². The SMILES string of the molecule is Cc1ccccc1NC(=O)[C@H](C)OC(=O)[C@H](C)N1C(=O)[C@@H]2CCCC[C@H]2C1=O. The van der Waals surface area contributed by atoms with Gasteiger partial charge in [-0.1, -0.05) is 31.0 Å². The summed E-state index contributed by atoms with van der Waals surface area (Å²) >= 11 is 0. The van der Waals surface area contributed by atoms with Crippen molar-refractivity contribution < 1.29 is 23.9 Å². The summed E-state index contributed by atoms with van der Waals surface area (Å²) in [6.07, 6.45) is 2.15. The average Bonchev–Trinajstić information content (AvgIpc) is 2.93. The molecule has 7 heteroatoms. The van der Waals surface area contributed by atoms with Crippen LogP contribution in [-0.2, 0) is 23.9 Å². The van der Waals surface area contributed by atoms with E-state index in [0.29, 0.717) is 18.5 Å². The van der Waals surface area contributed by atoms with Gasteiger partial charge in [-0.05, 0) is 45.2 Å². The Morgan fingerprint density at radius 1 is 1.07 bits per heavy atom. The number of para-hydroxylation sites is 1. The number of benzene rings is 1. The molecule has 1 aliphatic carbocycles. The molecular formula is C21H26N2O5. The normalized spacial score (nSPS) is 23.8. The highest BCUT2D eigenvalue weighted by Crippen LogP contribution is 2.38. The first-order valence-corrected chi connectivity index (χ1v) is 9.75. The summed E-state index contributed by atoms with van der Waals surface area (Å²) in [7, 11) is 0. The largest absolute Gasteiger partial charge is 0.451 e. The lowest BCUT2D eigenvalue weighted by atomic mass is 9.81. The van der Waals surface area contributed by atoms with Gasteiger partial charge in [0.05, 0.1) is 11.8 Å². The van der Waals surface area contributed by atoms with Crippen molar-refractivity contribution in [1.82, 2.24) is 4.90 Å². The van der Waals surface area contributed by atoms with E-state index in [1.54, 1.807) is 12.1 Å². The van der Waals surface area contributed by atoms with Crippen molar-refractivity contribution >= 4 is 29.4 Å². The minimum absolute atomic E-state index is 0.295. The van der Waals surface area contributed by atoms with Crippen molar-refractivity contribution in [2.45, 2.75) is 58.6 Å². The van der Waals surface area contributed by atoms with E-state index < -0.39 is 24.0 Å². The van der Waals surface area contributed by atoms with E-state index in [1.165, 1.54) is 13.8 Å². The monoisotopic (exact) mass is 386 g/mol. The molecule has 0 aromatic heterocycles. The van der Waals surface area contributed by atoms with Crippen LogP contribution >= 0.6 is 0 Å². The fourth-order valence-electron chi connectivity index (χ4n) is 3.95. The highest BCUT2D eigenvalue weighted by Gasteiger charge is 2.51. The number of hydrogen-bond donors (Lipinski definition) is 1. The number of carbonyl (C=O) groups excluding carboxylic acids is 4. The third-order valence-electron chi connectivity index (χ3n) is 5.67. The van der Waals surface area contributed by atoms with Crippen LogP contribution in [0.4, 0.5) is 5.69 Å². The molecule has 1 aromatic carbocycles. The Morgan fingerprint density at radius 3 is 2.21 bits per heavy atom. The molecule has 0 unspecified atom stereocenters. The van der Waals surface area contributed by atoms with E-state index >= 15 is 0 Å². The first kappa shape index (κ1) is 20.0. The van der Waals surface area contributed by atoms with Crippen LogP contribution in [0.1, 0.15) is 45.1 Å². The van der Waals surface area contributed by atoms with E-state index in [2.05, 4.69) is 5.32 Å². The molecule has 0 bridgehead atoms. The van der Waals surface area contributed by atoms with E-state index in [4.69, 9.17) is 4.74 Å². The second-order valence-corrected chi connectivity index (χ2v) is 7.60. The van der Waals surface area contributed by atoms with Crippen molar-refractivity contribution in [2.24, 2.45) is 11.8 Å². The number of ether oxygens (including phenoxy) is 1. The van der Waals surface area contributed by atoms with Gasteiger partial charge in [0.1, 0.15) is 6.04 Å². The van der Waals surface area contributed by atoms with Crippen LogP contribution in [0, 0.1) is 18.8 Å². The number of nitrogens with zero attached hydrogens (tertiary/aromatic N) is 1.